The summed E-state index contributed by atoms with van der Waals surface area (Å²) in [6, 6.07) is 11.4. The Bertz CT molecular complexity index is 762. The van der Waals surface area contributed by atoms with Crippen LogP contribution < -0.4 is 0 Å². The minimum Gasteiger partial charge on any atom is -0.323 e. The average Bonchev–Trinajstić information content (AvgIpc) is 2.80. The van der Waals surface area contributed by atoms with E-state index in [0.29, 0.717) is 12.1 Å². The Kier molecular flexibility index (Phi) is 3.22. The number of hydrogen-bond donors (Lipinski definition) is 0. The number of nitrogens with zero attached hydrogens (tertiary/aromatic N) is 2. The first-order valence-corrected chi connectivity index (χ1v) is 6.57. The normalized spacial score (nSPS) is 11.2. The molecule has 4 heteroatoms. The highest BCUT2D eigenvalue weighted by Gasteiger charge is 2.11. The summed E-state index contributed by atoms with van der Waals surface area (Å²) in [7, 11) is 0. The molecule has 0 spiro atoms. The summed E-state index contributed by atoms with van der Waals surface area (Å²) >= 11 is 0. The zero-order valence-corrected chi connectivity index (χ0v) is 11.1. The molecule has 20 heavy (non-hydrogen) atoms. The van der Waals surface area contributed by atoms with Crippen molar-refractivity contribution in [2.75, 3.05) is 0 Å². The van der Waals surface area contributed by atoms with E-state index in [1.807, 2.05) is 35.8 Å². The SMILES string of the molecule is CCc1nc2ccccc2n1Cc1ccc(F)cc1F. The number of aromatic nitrogens is 2. The standard InChI is InChI=1S/C16H14F2N2/c1-2-16-19-14-5-3-4-6-15(14)20(16)10-11-7-8-12(17)9-13(11)18/h3-9H,2,10H2,1H3. The van der Waals surface area contributed by atoms with Crippen molar-refractivity contribution in [2.24, 2.45) is 0 Å². The van der Waals surface area contributed by atoms with E-state index in [-0.39, 0.29) is 0 Å². The number of para-hydroxylation sites is 2. The molecule has 0 saturated heterocycles. The van der Waals surface area contributed by atoms with Crippen LogP contribution in [0.15, 0.2) is 42.5 Å². The quantitative estimate of drug-likeness (QED) is 0.706. The van der Waals surface area contributed by atoms with Crippen molar-refractivity contribution in [3.05, 3.63) is 65.5 Å². The Morgan fingerprint density at radius 3 is 2.65 bits per heavy atom. The van der Waals surface area contributed by atoms with Crippen LogP contribution in [0.25, 0.3) is 11.0 Å². The molecule has 0 aliphatic heterocycles. The Labute approximate surface area is 115 Å². The van der Waals surface area contributed by atoms with Gasteiger partial charge in [0.15, 0.2) is 0 Å². The molecule has 3 rings (SSSR count). The Morgan fingerprint density at radius 1 is 1.10 bits per heavy atom. The summed E-state index contributed by atoms with van der Waals surface area (Å²) in [6.07, 6.45) is 0.761. The fourth-order valence-corrected chi connectivity index (χ4v) is 2.39. The monoisotopic (exact) mass is 272 g/mol. The van der Waals surface area contributed by atoms with Crippen LogP contribution in [0.2, 0.25) is 0 Å². The van der Waals surface area contributed by atoms with Gasteiger partial charge in [0.05, 0.1) is 17.6 Å². The van der Waals surface area contributed by atoms with Crippen molar-refractivity contribution in [3.8, 4) is 0 Å². The molecule has 0 aliphatic carbocycles. The first kappa shape index (κ1) is 12.8. The molecular formula is C16H14F2N2. The van der Waals surface area contributed by atoms with Gasteiger partial charge in [-0.15, -0.1) is 0 Å². The van der Waals surface area contributed by atoms with E-state index in [2.05, 4.69) is 4.98 Å². The summed E-state index contributed by atoms with van der Waals surface area (Å²) in [6.45, 7) is 2.37. The van der Waals surface area contributed by atoms with Crippen LogP contribution in [-0.4, -0.2) is 9.55 Å². The highest BCUT2D eigenvalue weighted by atomic mass is 19.1. The van der Waals surface area contributed by atoms with Crippen LogP contribution in [0, 0.1) is 11.6 Å². The lowest BCUT2D eigenvalue weighted by atomic mass is 10.2. The lowest BCUT2D eigenvalue weighted by Crippen LogP contribution is -2.06. The van der Waals surface area contributed by atoms with Crippen molar-refractivity contribution in [1.82, 2.24) is 9.55 Å². The number of aryl methyl sites for hydroxylation is 1. The van der Waals surface area contributed by atoms with Gasteiger partial charge in [-0.2, -0.15) is 0 Å². The van der Waals surface area contributed by atoms with Crippen LogP contribution >= 0.6 is 0 Å². The Balaban J connectivity index is 2.09. The molecule has 3 aromatic rings. The Hall–Kier alpha value is -2.23. The fraction of sp³-hybridized carbons (Fsp3) is 0.188. The molecule has 0 fully saturated rings. The largest absolute Gasteiger partial charge is 0.323 e. The van der Waals surface area contributed by atoms with Crippen LogP contribution in [0.1, 0.15) is 18.3 Å². The minimum absolute atomic E-state index is 0.357. The second kappa shape index (κ2) is 5.04. The van der Waals surface area contributed by atoms with Gasteiger partial charge in [-0.25, -0.2) is 13.8 Å². The summed E-state index contributed by atoms with van der Waals surface area (Å²) in [5.41, 5.74) is 2.32. The molecule has 0 amide bonds. The predicted molar refractivity (Wildman–Crippen MR) is 74.6 cm³/mol. The smallest absolute Gasteiger partial charge is 0.131 e. The van der Waals surface area contributed by atoms with Gasteiger partial charge >= 0.3 is 0 Å². The van der Waals surface area contributed by atoms with Gasteiger partial charge in [0.25, 0.3) is 0 Å². The van der Waals surface area contributed by atoms with Crippen molar-refractivity contribution in [1.29, 1.82) is 0 Å². The van der Waals surface area contributed by atoms with Crippen LogP contribution in [0.3, 0.4) is 0 Å². The second-order valence-electron chi connectivity index (χ2n) is 4.69. The van der Waals surface area contributed by atoms with Crippen molar-refractivity contribution >= 4 is 11.0 Å². The lowest BCUT2D eigenvalue weighted by Gasteiger charge is -2.09. The number of fused-ring (bicyclic) bond motifs is 1. The molecule has 1 heterocycles. The molecule has 0 aliphatic rings. The molecule has 0 N–H and O–H groups in total. The first-order valence-electron chi connectivity index (χ1n) is 6.57. The van der Waals surface area contributed by atoms with Crippen LogP contribution in [-0.2, 0) is 13.0 Å². The van der Waals surface area contributed by atoms with Crippen molar-refractivity contribution in [3.63, 3.8) is 0 Å². The van der Waals surface area contributed by atoms with Gasteiger partial charge in [0, 0.05) is 18.1 Å². The van der Waals surface area contributed by atoms with E-state index in [1.54, 1.807) is 0 Å². The molecule has 0 atom stereocenters. The number of rotatable bonds is 3. The van der Waals surface area contributed by atoms with E-state index in [0.717, 1.165) is 29.3 Å². The fourth-order valence-electron chi connectivity index (χ4n) is 2.39. The number of benzene rings is 2. The molecule has 2 aromatic carbocycles. The third-order valence-electron chi connectivity index (χ3n) is 3.39. The number of hydrogen-bond acceptors (Lipinski definition) is 1. The summed E-state index contributed by atoms with van der Waals surface area (Å²) in [5.74, 6) is -0.183. The molecule has 102 valence electrons. The molecule has 2 nitrogen and oxygen atoms in total. The number of imidazole rings is 1. The number of halogens is 2. The first-order chi connectivity index (χ1) is 9.69. The lowest BCUT2D eigenvalue weighted by molar-refractivity contribution is 0.565. The molecule has 0 saturated carbocycles. The van der Waals surface area contributed by atoms with E-state index < -0.39 is 11.6 Å². The van der Waals surface area contributed by atoms with Crippen molar-refractivity contribution < 1.29 is 8.78 Å². The zero-order valence-electron chi connectivity index (χ0n) is 11.1. The van der Waals surface area contributed by atoms with Gasteiger partial charge in [-0.05, 0) is 18.2 Å². The van der Waals surface area contributed by atoms with Gasteiger partial charge in [-0.1, -0.05) is 25.1 Å². The summed E-state index contributed by atoms with van der Waals surface area (Å²) < 4.78 is 28.7. The van der Waals surface area contributed by atoms with E-state index in [4.69, 9.17) is 0 Å². The summed E-state index contributed by atoms with van der Waals surface area (Å²) in [4.78, 5) is 4.54. The predicted octanol–water partition coefficient (Wildman–Crippen LogP) is 3.93. The van der Waals surface area contributed by atoms with E-state index >= 15 is 0 Å². The van der Waals surface area contributed by atoms with Crippen LogP contribution in [0.4, 0.5) is 8.78 Å². The topological polar surface area (TPSA) is 17.8 Å². The summed E-state index contributed by atoms with van der Waals surface area (Å²) in [5, 5.41) is 0. The van der Waals surface area contributed by atoms with E-state index in [9.17, 15) is 8.78 Å². The maximum absolute atomic E-state index is 13.8. The molecule has 0 bridgehead atoms. The average molecular weight is 272 g/mol. The molecule has 1 aromatic heterocycles. The van der Waals surface area contributed by atoms with Crippen molar-refractivity contribution in [2.45, 2.75) is 19.9 Å². The highest BCUT2D eigenvalue weighted by Crippen LogP contribution is 2.19. The van der Waals surface area contributed by atoms with Gasteiger partial charge < -0.3 is 4.57 Å². The van der Waals surface area contributed by atoms with Crippen LogP contribution in [0.5, 0.6) is 0 Å². The zero-order chi connectivity index (χ0) is 14.1. The van der Waals surface area contributed by atoms with Gasteiger partial charge in [0.2, 0.25) is 0 Å². The molecule has 0 unspecified atom stereocenters. The Morgan fingerprint density at radius 2 is 1.90 bits per heavy atom. The maximum Gasteiger partial charge on any atom is 0.131 e. The van der Waals surface area contributed by atoms with Gasteiger partial charge in [0.1, 0.15) is 17.5 Å². The van der Waals surface area contributed by atoms with E-state index in [1.165, 1.54) is 12.1 Å². The molecular weight excluding hydrogens is 258 g/mol. The third kappa shape index (κ3) is 2.18. The van der Waals surface area contributed by atoms with Gasteiger partial charge in [-0.3, -0.25) is 0 Å². The second-order valence-corrected chi connectivity index (χ2v) is 4.69. The third-order valence-corrected chi connectivity index (χ3v) is 3.39. The molecule has 0 radical (unpaired) electrons. The minimum atomic E-state index is -0.558. The highest BCUT2D eigenvalue weighted by molar-refractivity contribution is 5.76. The maximum atomic E-state index is 13.8.